The number of nitrogens with two attached hydrogens (primary N) is 2. The van der Waals surface area contributed by atoms with Crippen LogP contribution in [0.4, 0.5) is 11.4 Å². The van der Waals surface area contributed by atoms with Gasteiger partial charge in [0.15, 0.2) is 5.78 Å². The molecule has 0 heterocycles. The van der Waals surface area contributed by atoms with Gasteiger partial charge in [0.2, 0.25) is 0 Å². The molecule has 0 bridgehead atoms. The molecule has 160 valence electrons. The molecule has 0 amide bonds. The van der Waals surface area contributed by atoms with Crippen LogP contribution in [0.25, 0.3) is 0 Å². The van der Waals surface area contributed by atoms with Crippen LogP contribution < -0.4 is 20.9 Å². The zero-order chi connectivity index (χ0) is 22.3. The lowest BCUT2D eigenvalue weighted by molar-refractivity contribution is 0.103. The van der Waals surface area contributed by atoms with E-state index < -0.39 is 0 Å². The predicted octanol–water partition coefficient (Wildman–Crippen LogP) is 5.24. The molecule has 4 aromatic carbocycles. The van der Waals surface area contributed by atoms with Gasteiger partial charge in [-0.25, -0.2) is 0 Å². The fourth-order valence-corrected chi connectivity index (χ4v) is 3.26. The Labute approximate surface area is 187 Å². The number of hydrogen-bond donors (Lipinski definition) is 2. The lowest BCUT2D eigenvalue weighted by Crippen LogP contribution is -2.06. The summed E-state index contributed by atoms with van der Waals surface area (Å²) in [5.74, 6) is 0.834. The first-order valence-corrected chi connectivity index (χ1v) is 10.3. The maximum Gasteiger partial charge on any atom is 0.193 e. The highest BCUT2D eigenvalue weighted by molar-refractivity contribution is 6.10. The Bertz CT molecular complexity index is 1210. The van der Waals surface area contributed by atoms with E-state index in [2.05, 4.69) is 0 Å². The van der Waals surface area contributed by atoms with Gasteiger partial charge in [0.25, 0.3) is 0 Å². The smallest absolute Gasteiger partial charge is 0.193 e. The second-order valence-corrected chi connectivity index (χ2v) is 7.38. The molecule has 0 spiro atoms. The lowest BCUT2D eigenvalue weighted by atomic mass is 10.0. The van der Waals surface area contributed by atoms with Crippen LogP contribution in [0.2, 0.25) is 0 Å². The zero-order valence-electron chi connectivity index (χ0n) is 17.5. The van der Waals surface area contributed by atoms with Gasteiger partial charge in [-0.3, -0.25) is 4.79 Å². The summed E-state index contributed by atoms with van der Waals surface area (Å²) in [4.78, 5) is 13.0. The molecule has 0 saturated heterocycles. The first-order chi connectivity index (χ1) is 15.6. The second kappa shape index (κ2) is 9.71. The monoisotopic (exact) mass is 424 g/mol. The Morgan fingerprint density at radius 2 is 1.12 bits per heavy atom. The topological polar surface area (TPSA) is 87.6 Å². The molecule has 0 saturated carbocycles. The highest BCUT2D eigenvalue weighted by Crippen LogP contribution is 2.28. The first kappa shape index (κ1) is 21.0. The fraction of sp³-hybridized carbons (Fsp3) is 0.0741. The number of carbonyl (C=O) groups excluding carboxylic acids is 1. The van der Waals surface area contributed by atoms with Gasteiger partial charge in [0.05, 0.1) is 11.4 Å². The highest BCUT2D eigenvalue weighted by Gasteiger charge is 2.14. The Balaban J connectivity index is 1.47. The maximum atomic E-state index is 13.0. The standard InChI is InChI=1S/C27H24N2O3/c28-23-13-11-22(16-26(23)32-18-20-9-5-2-6-10-20)27(30)21-12-14-25(24(29)15-21)31-17-19-7-3-1-4-8-19/h1-16H,17-18,28-29H2. The molecule has 0 fully saturated rings. The third-order valence-electron chi connectivity index (χ3n) is 5.02. The van der Waals surface area contributed by atoms with E-state index in [1.54, 1.807) is 36.4 Å². The van der Waals surface area contributed by atoms with Gasteiger partial charge in [0.1, 0.15) is 24.7 Å². The molecule has 4 rings (SSSR count). The van der Waals surface area contributed by atoms with Gasteiger partial charge in [-0.1, -0.05) is 60.7 Å². The van der Waals surface area contributed by atoms with Crippen LogP contribution in [0.3, 0.4) is 0 Å². The van der Waals surface area contributed by atoms with Crippen molar-refractivity contribution in [1.82, 2.24) is 0 Å². The van der Waals surface area contributed by atoms with Crippen LogP contribution >= 0.6 is 0 Å². The second-order valence-electron chi connectivity index (χ2n) is 7.38. The van der Waals surface area contributed by atoms with E-state index in [9.17, 15) is 4.79 Å². The molecule has 5 heteroatoms. The van der Waals surface area contributed by atoms with E-state index in [4.69, 9.17) is 20.9 Å². The van der Waals surface area contributed by atoms with Gasteiger partial charge in [-0.2, -0.15) is 0 Å². The van der Waals surface area contributed by atoms with Crippen LogP contribution in [-0.2, 0) is 13.2 Å². The lowest BCUT2D eigenvalue weighted by Gasteiger charge is -2.12. The van der Waals surface area contributed by atoms with E-state index in [-0.39, 0.29) is 5.78 Å². The van der Waals surface area contributed by atoms with Crippen LogP contribution in [0.1, 0.15) is 27.0 Å². The zero-order valence-corrected chi connectivity index (χ0v) is 17.5. The van der Waals surface area contributed by atoms with E-state index >= 15 is 0 Å². The molecule has 4 aromatic rings. The normalized spacial score (nSPS) is 10.5. The Morgan fingerprint density at radius 3 is 1.72 bits per heavy atom. The molecule has 4 N–H and O–H groups in total. The van der Waals surface area contributed by atoms with Crippen LogP contribution in [0.15, 0.2) is 97.1 Å². The summed E-state index contributed by atoms with van der Waals surface area (Å²) in [6.07, 6.45) is 0. The molecule has 0 aliphatic rings. The summed E-state index contributed by atoms with van der Waals surface area (Å²) in [5, 5.41) is 0. The van der Waals surface area contributed by atoms with Gasteiger partial charge < -0.3 is 20.9 Å². The van der Waals surface area contributed by atoms with Crippen molar-refractivity contribution in [2.24, 2.45) is 0 Å². The molecule has 0 radical (unpaired) electrons. The van der Waals surface area contributed by atoms with Crippen molar-refractivity contribution in [3.8, 4) is 11.5 Å². The maximum absolute atomic E-state index is 13.0. The first-order valence-electron chi connectivity index (χ1n) is 10.3. The average molecular weight is 425 g/mol. The van der Waals surface area contributed by atoms with Crippen molar-refractivity contribution < 1.29 is 14.3 Å². The highest BCUT2D eigenvalue weighted by atomic mass is 16.5. The van der Waals surface area contributed by atoms with Crippen molar-refractivity contribution >= 4 is 17.2 Å². The average Bonchev–Trinajstić information content (AvgIpc) is 2.83. The fourth-order valence-electron chi connectivity index (χ4n) is 3.26. The Hall–Kier alpha value is -4.25. The number of ketones is 1. The number of carbonyl (C=O) groups is 1. The van der Waals surface area contributed by atoms with Gasteiger partial charge in [-0.15, -0.1) is 0 Å². The summed E-state index contributed by atoms with van der Waals surface area (Å²) in [6.45, 7) is 0.765. The quantitative estimate of drug-likeness (QED) is 0.298. The molecular weight excluding hydrogens is 400 g/mol. The Morgan fingerprint density at radius 1 is 0.594 bits per heavy atom. The van der Waals surface area contributed by atoms with Gasteiger partial charge in [0, 0.05) is 11.1 Å². The van der Waals surface area contributed by atoms with Crippen molar-refractivity contribution in [1.29, 1.82) is 0 Å². The van der Waals surface area contributed by atoms with Crippen molar-refractivity contribution in [2.45, 2.75) is 13.2 Å². The number of rotatable bonds is 8. The summed E-state index contributed by atoms with van der Waals surface area (Å²) >= 11 is 0. The number of ether oxygens (including phenoxy) is 2. The predicted molar refractivity (Wildman–Crippen MR) is 127 cm³/mol. The minimum absolute atomic E-state index is 0.170. The number of hydrogen-bond acceptors (Lipinski definition) is 5. The third-order valence-corrected chi connectivity index (χ3v) is 5.02. The molecule has 5 nitrogen and oxygen atoms in total. The SMILES string of the molecule is Nc1cc(C(=O)c2ccc(N)c(OCc3ccccc3)c2)ccc1OCc1ccccc1. The molecule has 0 unspecified atom stereocenters. The van der Waals surface area contributed by atoms with Crippen LogP contribution in [0.5, 0.6) is 11.5 Å². The van der Waals surface area contributed by atoms with E-state index in [1.807, 2.05) is 60.7 Å². The summed E-state index contributed by atoms with van der Waals surface area (Å²) < 4.78 is 11.6. The van der Waals surface area contributed by atoms with E-state index in [1.165, 1.54) is 0 Å². The largest absolute Gasteiger partial charge is 0.487 e. The number of anilines is 2. The number of benzene rings is 4. The third kappa shape index (κ3) is 5.08. The molecular formula is C27H24N2O3. The molecule has 0 aromatic heterocycles. The van der Waals surface area contributed by atoms with E-state index in [0.717, 1.165) is 11.1 Å². The van der Waals surface area contributed by atoms with Crippen LogP contribution in [-0.4, -0.2) is 5.78 Å². The van der Waals surface area contributed by atoms with Crippen LogP contribution in [0, 0.1) is 0 Å². The Kier molecular flexibility index (Phi) is 6.37. The van der Waals surface area contributed by atoms with Crippen molar-refractivity contribution in [3.63, 3.8) is 0 Å². The minimum atomic E-state index is -0.170. The molecule has 0 atom stereocenters. The van der Waals surface area contributed by atoms with Gasteiger partial charge >= 0.3 is 0 Å². The minimum Gasteiger partial charge on any atom is -0.487 e. The molecule has 0 aliphatic carbocycles. The van der Waals surface area contributed by atoms with Gasteiger partial charge in [-0.05, 0) is 47.5 Å². The number of nitrogen functional groups attached to an aromatic ring is 2. The van der Waals surface area contributed by atoms with Crippen molar-refractivity contribution in [2.75, 3.05) is 11.5 Å². The molecule has 32 heavy (non-hydrogen) atoms. The van der Waals surface area contributed by atoms with Crippen molar-refractivity contribution in [3.05, 3.63) is 119 Å². The van der Waals surface area contributed by atoms with E-state index in [0.29, 0.717) is 47.2 Å². The molecule has 0 aliphatic heterocycles. The summed E-state index contributed by atoms with van der Waals surface area (Å²) in [7, 11) is 0. The summed E-state index contributed by atoms with van der Waals surface area (Å²) in [5.41, 5.74) is 16.1. The summed E-state index contributed by atoms with van der Waals surface area (Å²) in [6, 6.07) is 29.7.